The number of rotatable bonds is 7. The van der Waals surface area contributed by atoms with E-state index in [1.165, 1.54) is 0 Å². The first-order chi connectivity index (χ1) is 16.0. The number of nitrogens with zero attached hydrogens (tertiary/aromatic N) is 1. The highest BCUT2D eigenvalue weighted by molar-refractivity contribution is 7.99. The van der Waals surface area contributed by atoms with Gasteiger partial charge in [0.15, 0.2) is 5.76 Å². The Morgan fingerprint density at radius 1 is 1.06 bits per heavy atom. The predicted molar refractivity (Wildman–Crippen MR) is 131 cm³/mol. The van der Waals surface area contributed by atoms with Gasteiger partial charge in [0.1, 0.15) is 5.76 Å². The van der Waals surface area contributed by atoms with Crippen LogP contribution in [0.2, 0.25) is 5.02 Å². The molecule has 172 valence electrons. The molecular weight excluding hydrogens is 458 g/mol. The molecule has 1 saturated heterocycles. The van der Waals surface area contributed by atoms with Crippen molar-refractivity contribution in [2.75, 3.05) is 25.0 Å². The summed E-state index contributed by atoms with van der Waals surface area (Å²) in [6.07, 6.45) is 1.59. The van der Waals surface area contributed by atoms with E-state index in [2.05, 4.69) is 15.5 Å². The molecule has 8 heteroatoms. The van der Waals surface area contributed by atoms with E-state index in [9.17, 15) is 9.59 Å². The number of piperidine rings is 1. The molecule has 0 unspecified atom stereocenters. The van der Waals surface area contributed by atoms with E-state index >= 15 is 0 Å². The fourth-order valence-electron chi connectivity index (χ4n) is 3.73. The van der Waals surface area contributed by atoms with Gasteiger partial charge in [0.05, 0.1) is 12.2 Å². The maximum absolute atomic E-state index is 12.7. The lowest BCUT2D eigenvalue weighted by Gasteiger charge is -2.31. The number of carbonyl (C=O) groups is 2. The van der Waals surface area contributed by atoms with Crippen LogP contribution in [0.3, 0.4) is 0 Å². The minimum absolute atomic E-state index is 0.0484. The highest BCUT2D eigenvalue weighted by atomic mass is 35.5. The summed E-state index contributed by atoms with van der Waals surface area (Å²) in [5.41, 5.74) is 0.790. The van der Waals surface area contributed by atoms with Crippen LogP contribution in [0.4, 0.5) is 5.69 Å². The zero-order valence-corrected chi connectivity index (χ0v) is 19.9. The SMILES string of the molecule is Cc1ccc(C(=O)NC2CCN(CC(=O)Nc3ccccc3Sc3ccc(Cl)cc3)CC2)o1. The molecule has 1 aliphatic heterocycles. The number of anilines is 1. The van der Waals surface area contributed by atoms with Crippen LogP contribution < -0.4 is 10.6 Å². The van der Waals surface area contributed by atoms with Gasteiger partial charge in [-0.3, -0.25) is 14.5 Å². The first-order valence-corrected chi connectivity index (χ1v) is 12.1. The molecule has 1 aliphatic rings. The Kier molecular flexibility index (Phi) is 7.75. The second-order valence-corrected chi connectivity index (χ2v) is 9.59. The molecule has 0 atom stereocenters. The number of halogens is 1. The number of aryl methyl sites for hydroxylation is 1. The molecule has 3 aromatic rings. The maximum atomic E-state index is 12.7. The number of hydrogen-bond acceptors (Lipinski definition) is 5. The highest BCUT2D eigenvalue weighted by Crippen LogP contribution is 2.33. The number of nitrogens with one attached hydrogen (secondary N) is 2. The van der Waals surface area contributed by atoms with E-state index in [0.717, 1.165) is 41.4 Å². The molecule has 0 bridgehead atoms. The van der Waals surface area contributed by atoms with Gasteiger partial charge in [0.2, 0.25) is 5.91 Å². The smallest absolute Gasteiger partial charge is 0.287 e. The maximum Gasteiger partial charge on any atom is 0.287 e. The monoisotopic (exact) mass is 483 g/mol. The van der Waals surface area contributed by atoms with Crippen LogP contribution in [0.1, 0.15) is 29.2 Å². The average molecular weight is 484 g/mol. The highest BCUT2D eigenvalue weighted by Gasteiger charge is 2.23. The van der Waals surface area contributed by atoms with Gasteiger partial charge in [-0.1, -0.05) is 35.5 Å². The summed E-state index contributed by atoms with van der Waals surface area (Å²) in [5, 5.41) is 6.77. The number of likely N-dealkylation sites (tertiary alicyclic amines) is 1. The largest absolute Gasteiger partial charge is 0.456 e. The summed E-state index contributed by atoms with van der Waals surface area (Å²) in [4.78, 5) is 29.1. The third kappa shape index (κ3) is 6.63. The van der Waals surface area contributed by atoms with Crippen LogP contribution in [0.15, 0.2) is 74.9 Å². The quantitative estimate of drug-likeness (QED) is 0.481. The van der Waals surface area contributed by atoms with Gasteiger partial charge in [-0.25, -0.2) is 0 Å². The van der Waals surface area contributed by atoms with E-state index in [1.54, 1.807) is 23.9 Å². The molecule has 33 heavy (non-hydrogen) atoms. The summed E-state index contributed by atoms with van der Waals surface area (Å²) >= 11 is 7.56. The number of furan rings is 1. The van der Waals surface area contributed by atoms with Crippen molar-refractivity contribution < 1.29 is 14.0 Å². The van der Waals surface area contributed by atoms with Crippen molar-refractivity contribution in [3.05, 3.63) is 77.2 Å². The number of carbonyl (C=O) groups excluding carboxylic acids is 2. The Labute approximate surface area is 202 Å². The lowest BCUT2D eigenvalue weighted by Crippen LogP contribution is -2.46. The Hall–Kier alpha value is -2.74. The van der Waals surface area contributed by atoms with Crippen molar-refractivity contribution in [1.29, 1.82) is 0 Å². The molecule has 0 aliphatic carbocycles. The first-order valence-electron chi connectivity index (χ1n) is 10.9. The molecule has 1 fully saturated rings. The zero-order chi connectivity index (χ0) is 23.2. The lowest BCUT2D eigenvalue weighted by molar-refractivity contribution is -0.117. The van der Waals surface area contributed by atoms with Gasteiger partial charge in [0, 0.05) is 33.9 Å². The Balaban J connectivity index is 1.26. The summed E-state index contributed by atoms with van der Waals surface area (Å²) in [5.74, 6) is 0.820. The van der Waals surface area contributed by atoms with Gasteiger partial charge in [-0.2, -0.15) is 0 Å². The van der Waals surface area contributed by atoms with Crippen LogP contribution in [0.5, 0.6) is 0 Å². The molecule has 6 nitrogen and oxygen atoms in total. The predicted octanol–water partition coefficient (Wildman–Crippen LogP) is 5.23. The van der Waals surface area contributed by atoms with E-state index < -0.39 is 0 Å². The molecule has 2 amide bonds. The van der Waals surface area contributed by atoms with Crippen LogP contribution in [0, 0.1) is 6.92 Å². The molecular formula is C25H26ClN3O3S. The first kappa shape index (κ1) is 23.4. The zero-order valence-electron chi connectivity index (χ0n) is 18.3. The average Bonchev–Trinajstić information content (AvgIpc) is 3.24. The molecule has 0 saturated carbocycles. The summed E-state index contributed by atoms with van der Waals surface area (Å²) in [6, 6.07) is 18.9. The lowest BCUT2D eigenvalue weighted by atomic mass is 10.0. The standard InChI is InChI=1S/C25H26ClN3O3S/c1-17-6-11-22(32-17)25(31)27-19-12-14-29(15-13-19)16-24(30)28-21-4-2-3-5-23(21)33-20-9-7-18(26)8-10-20/h2-11,19H,12-16H2,1H3,(H,27,31)(H,28,30). The van der Waals surface area contributed by atoms with Gasteiger partial charge in [-0.05, 0) is 68.3 Å². The van der Waals surface area contributed by atoms with Gasteiger partial charge < -0.3 is 15.1 Å². The van der Waals surface area contributed by atoms with Gasteiger partial charge >= 0.3 is 0 Å². The summed E-state index contributed by atoms with van der Waals surface area (Å²) < 4.78 is 5.39. The molecule has 2 N–H and O–H groups in total. The van der Waals surface area contributed by atoms with Crippen molar-refractivity contribution in [2.24, 2.45) is 0 Å². The molecule has 2 aromatic carbocycles. The van der Waals surface area contributed by atoms with E-state index in [4.69, 9.17) is 16.0 Å². The van der Waals surface area contributed by atoms with E-state index in [1.807, 2.05) is 55.5 Å². The van der Waals surface area contributed by atoms with Crippen molar-refractivity contribution in [2.45, 2.75) is 35.6 Å². The van der Waals surface area contributed by atoms with Crippen molar-refractivity contribution in [1.82, 2.24) is 10.2 Å². The third-order valence-electron chi connectivity index (χ3n) is 5.46. The topological polar surface area (TPSA) is 74.6 Å². The minimum Gasteiger partial charge on any atom is -0.456 e. The van der Waals surface area contributed by atoms with Crippen molar-refractivity contribution >= 4 is 40.9 Å². The van der Waals surface area contributed by atoms with Crippen LogP contribution in [0.25, 0.3) is 0 Å². The molecule has 1 aromatic heterocycles. The second-order valence-electron chi connectivity index (χ2n) is 8.03. The molecule has 4 rings (SSSR count). The second kappa shape index (κ2) is 10.9. The normalized spacial score (nSPS) is 14.7. The van der Waals surface area contributed by atoms with Gasteiger partial charge in [-0.15, -0.1) is 0 Å². The summed E-state index contributed by atoms with van der Waals surface area (Å²) in [6.45, 7) is 3.63. The number of hydrogen-bond donors (Lipinski definition) is 2. The Bertz CT molecular complexity index is 1110. The third-order valence-corrected chi connectivity index (χ3v) is 6.79. The van der Waals surface area contributed by atoms with Crippen molar-refractivity contribution in [3.8, 4) is 0 Å². The number of benzene rings is 2. The number of amides is 2. The van der Waals surface area contributed by atoms with Crippen LogP contribution >= 0.6 is 23.4 Å². The minimum atomic E-state index is -0.186. The van der Waals surface area contributed by atoms with E-state index in [0.29, 0.717) is 23.1 Å². The van der Waals surface area contributed by atoms with Crippen LogP contribution in [-0.2, 0) is 4.79 Å². The van der Waals surface area contributed by atoms with Crippen LogP contribution in [-0.4, -0.2) is 42.4 Å². The fraction of sp³-hybridized carbons (Fsp3) is 0.280. The molecule has 2 heterocycles. The van der Waals surface area contributed by atoms with Crippen molar-refractivity contribution in [3.63, 3.8) is 0 Å². The number of para-hydroxylation sites is 1. The fourth-order valence-corrected chi connectivity index (χ4v) is 4.76. The Morgan fingerprint density at radius 2 is 1.79 bits per heavy atom. The van der Waals surface area contributed by atoms with E-state index in [-0.39, 0.29) is 17.9 Å². The Morgan fingerprint density at radius 3 is 2.48 bits per heavy atom. The summed E-state index contributed by atoms with van der Waals surface area (Å²) in [7, 11) is 0. The molecule has 0 radical (unpaired) electrons. The molecule has 0 spiro atoms. The van der Waals surface area contributed by atoms with Gasteiger partial charge in [0.25, 0.3) is 5.91 Å².